The molecule has 2 heterocycles. The van der Waals surface area contributed by atoms with E-state index < -0.39 is 0 Å². The Morgan fingerprint density at radius 1 is 1.07 bits per heavy atom. The van der Waals surface area contributed by atoms with Crippen molar-refractivity contribution in [1.29, 1.82) is 0 Å². The Labute approximate surface area is 166 Å². The van der Waals surface area contributed by atoms with Gasteiger partial charge in [-0.05, 0) is 73.0 Å². The van der Waals surface area contributed by atoms with Crippen LogP contribution in [0.3, 0.4) is 0 Å². The second kappa shape index (κ2) is 5.95. The third kappa shape index (κ3) is 2.49. The van der Waals surface area contributed by atoms with Crippen molar-refractivity contribution in [3.63, 3.8) is 0 Å². The van der Waals surface area contributed by atoms with Gasteiger partial charge in [-0.3, -0.25) is 9.48 Å². The summed E-state index contributed by atoms with van der Waals surface area (Å²) in [4.78, 5) is 16.2. The summed E-state index contributed by atoms with van der Waals surface area (Å²) in [5.74, 6) is 3.11. The number of hydrogen-bond acceptors (Lipinski definition) is 2. The Bertz CT molecular complexity index is 894. The third-order valence-electron chi connectivity index (χ3n) is 8.10. The fourth-order valence-electron chi connectivity index (χ4n) is 7.37. The lowest BCUT2D eigenvalue weighted by molar-refractivity contribution is -0.158. The lowest BCUT2D eigenvalue weighted by Gasteiger charge is -2.57. The van der Waals surface area contributed by atoms with Crippen molar-refractivity contribution in [2.24, 2.45) is 30.2 Å². The molecule has 28 heavy (non-hydrogen) atoms. The second-order valence-corrected chi connectivity index (χ2v) is 10.1. The Kier molecular flexibility index (Phi) is 3.57. The first-order valence-corrected chi connectivity index (χ1v) is 11.0. The average Bonchev–Trinajstić information content (AvgIpc) is 3.11. The summed E-state index contributed by atoms with van der Waals surface area (Å²) >= 11 is 0. The highest BCUT2D eigenvalue weighted by atomic mass is 16.2. The van der Waals surface area contributed by atoms with Crippen LogP contribution in [0.15, 0.2) is 36.7 Å². The maximum absolute atomic E-state index is 13.9. The number of hydrogen-bond donors (Lipinski definition) is 0. The van der Waals surface area contributed by atoms with Crippen LogP contribution >= 0.6 is 0 Å². The van der Waals surface area contributed by atoms with Crippen LogP contribution in [0.2, 0.25) is 0 Å². The topological polar surface area (TPSA) is 38.1 Å². The minimum absolute atomic E-state index is 0.0550. The van der Waals surface area contributed by atoms with Gasteiger partial charge in [0.05, 0.1) is 11.6 Å². The van der Waals surface area contributed by atoms with Crippen LogP contribution in [-0.4, -0.2) is 27.1 Å². The fraction of sp³-hybridized carbons (Fsp3) is 0.583. The molecule has 4 saturated carbocycles. The largest absolute Gasteiger partial charge is 0.337 e. The molecular formula is C24H29N3O. The predicted molar refractivity (Wildman–Crippen MR) is 108 cm³/mol. The Balaban J connectivity index is 1.35. The lowest BCUT2D eigenvalue weighted by atomic mass is 9.49. The molecule has 1 aromatic carbocycles. The summed E-state index contributed by atoms with van der Waals surface area (Å²) in [6.07, 6.45) is 11.7. The maximum atomic E-state index is 13.9. The molecule has 4 bridgehead atoms. The Morgan fingerprint density at radius 2 is 1.75 bits per heavy atom. The average molecular weight is 376 g/mol. The Morgan fingerprint density at radius 3 is 2.39 bits per heavy atom. The van der Waals surface area contributed by atoms with Crippen molar-refractivity contribution in [2.45, 2.75) is 51.0 Å². The number of aryl methyl sites for hydroxylation is 1. The Hall–Kier alpha value is -2.10. The number of carbonyl (C=O) groups is 1. The number of rotatable bonds is 2. The summed E-state index contributed by atoms with van der Waals surface area (Å²) < 4.78 is 1.87. The van der Waals surface area contributed by atoms with E-state index in [4.69, 9.17) is 0 Å². The molecule has 1 atom stereocenters. The highest BCUT2D eigenvalue weighted by Gasteiger charge is 2.56. The van der Waals surface area contributed by atoms with E-state index in [-0.39, 0.29) is 11.3 Å². The van der Waals surface area contributed by atoms with Crippen LogP contribution in [0.4, 0.5) is 0 Å². The van der Waals surface area contributed by atoms with Crippen molar-refractivity contribution in [3.05, 3.63) is 53.3 Å². The molecule has 0 N–H and O–H groups in total. The molecule has 4 nitrogen and oxygen atoms in total. The quantitative estimate of drug-likeness (QED) is 0.792. The van der Waals surface area contributed by atoms with Crippen LogP contribution in [-0.2, 0) is 18.4 Å². The summed E-state index contributed by atoms with van der Waals surface area (Å²) in [6.45, 7) is 1.57. The fourth-order valence-corrected chi connectivity index (χ4v) is 7.37. The van der Waals surface area contributed by atoms with Crippen molar-refractivity contribution < 1.29 is 4.79 Å². The molecule has 146 valence electrons. The monoisotopic (exact) mass is 375 g/mol. The van der Waals surface area contributed by atoms with E-state index in [0.29, 0.717) is 5.91 Å². The zero-order valence-corrected chi connectivity index (χ0v) is 16.7. The summed E-state index contributed by atoms with van der Waals surface area (Å²) in [6, 6.07) is 8.67. The van der Waals surface area contributed by atoms with E-state index >= 15 is 0 Å². The molecule has 1 amide bonds. The molecule has 1 aliphatic heterocycles. The number of carbonyl (C=O) groups excluding carboxylic acids is 1. The highest BCUT2D eigenvalue weighted by molar-refractivity contribution is 5.84. The van der Waals surface area contributed by atoms with E-state index in [1.807, 2.05) is 17.9 Å². The minimum Gasteiger partial charge on any atom is -0.337 e. The molecule has 2 aromatic rings. The number of fused-ring (bicyclic) bond motifs is 1. The maximum Gasteiger partial charge on any atom is 0.229 e. The first-order chi connectivity index (χ1) is 13.6. The molecule has 4 heteroatoms. The van der Waals surface area contributed by atoms with Crippen LogP contribution < -0.4 is 0 Å². The minimum atomic E-state index is -0.0550. The van der Waals surface area contributed by atoms with Gasteiger partial charge in [0, 0.05) is 32.3 Å². The number of benzene rings is 1. The van der Waals surface area contributed by atoms with E-state index in [9.17, 15) is 4.79 Å². The van der Waals surface area contributed by atoms with Gasteiger partial charge in [0.2, 0.25) is 5.91 Å². The standard InChI is InChI=1S/C24H29N3O/c1-26-13-20(12-25-26)22-15-27(14-19-4-2-3-5-21(19)22)23(28)24-9-16-6-17(10-24)8-18(7-16)11-24/h2-5,12-13,16-18,22H,6-11,14-15H2,1H3. The SMILES string of the molecule is Cn1cc(C2CN(C(=O)C34CC5CC(CC(C5)C3)C4)Cc3ccccc32)cn1. The molecule has 0 radical (unpaired) electrons. The van der Waals surface area contributed by atoms with Crippen molar-refractivity contribution >= 4 is 5.91 Å². The van der Waals surface area contributed by atoms with Gasteiger partial charge in [0.25, 0.3) is 0 Å². The number of amides is 1. The van der Waals surface area contributed by atoms with E-state index in [2.05, 4.69) is 40.5 Å². The molecule has 5 aliphatic rings. The normalized spacial score (nSPS) is 35.8. The third-order valence-corrected chi connectivity index (χ3v) is 8.10. The molecule has 7 rings (SSSR count). The molecule has 4 fully saturated rings. The van der Waals surface area contributed by atoms with E-state index in [1.54, 1.807) is 0 Å². The molecule has 4 aliphatic carbocycles. The molecule has 0 saturated heterocycles. The lowest BCUT2D eigenvalue weighted by Crippen LogP contribution is -2.55. The van der Waals surface area contributed by atoms with Gasteiger partial charge in [0.15, 0.2) is 0 Å². The van der Waals surface area contributed by atoms with Gasteiger partial charge in [-0.25, -0.2) is 0 Å². The first kappa shape index (κ1) is 16.8. The molecule has 0 spiro atoms. The molecule has 1 aromatic heterocycles. The number of nitrogens with zero attached hydrogens (tertiary/aromatic N) is 3. The van der Waals surface area contributed by atoms with Crippen LogP contribution in [0, 0.1) is 23.2 Å². The first-order valence-electron chi connectivity index (χ1n) is 11.0. The van der Waals surface area contributed by atoms with Gasteiger partial charge in [-0.15, -0.1) is 0 Å². The van der Waals surface area contributed by atoms with Gasteiger partial charge in [-0.1, -0.05) is 24.3 Å². The van der Waals surface area contributed by atoms with Crippen LogP contribution in [0.5, 0.6) is 0 Å². The highest BCUT2D eigenvalue weighted by Crippen LogP contribution is 2.60. The van der Waals surface area contributed by atoms with Gasteiger partial charge in [0.1, 0.15) is 0 Å². The van der Waals surface area contributed by atoms with Gasteiger partial charge < -0.3 is 4.90 Å². The van der Waals surface area contributed by atoms with Crippen LogP contribution in [0.1, 0.15) is 61.1 Å². The molecular weight excluding hydrogens is 346 g/mol. The number of aromatic nitrogens is 2. The zero-order valence-electron chi connectivity index (χ0n) is 16.7. The van der Waals surface area contributed by atoms with Crippen molar-refractivity contribution in [2.75, 3.05) is 6.54 Å². The van der Waals surface area contributed by atoms with Crippen molar-refractivity contribution in [1.82, 2.24) is 14.7 Å². The van der Waals surface area contributed by atoms with Crippen molar-refractivity contribution in [3.8, 4) is 0 Å². The molecule has 1 unspecified atom stereocenters. The zero-order chi connectivity index (χ0) is 18.9. The van der Waals surface area contributed by atoms with E-state index in [1.165, 1.54) is 36.0 Å². The van der Waals surface area contributed by atoms with Crippen LogP contribution in [0.25, 0.3) is 0 Å². The smallest absolute Gasteiger partial charge is 0.229 e. The summed E-state index contributed by atoms with van der Waals surface area (Å²) in [7, 11) is 1.97. The summed E-state index contributed by atoms with van der Waals surface area (Å²) in [5, 5.41) is 4.40. The summed E-state index contributed by atoms with van der Waals surface area (Å²) in [5.41, 5.74) is 3.84. The van der Waals surface area contributed by atoms with Gasteiger partial charge >= 0.3 is 0 Å². The van der Waals surface area contributed by atoms with E-state index in [0.717, 1.165) is 50.1 Å². The van der Waals surface area contributed by atoms with Gasteiger partial charge in [-0.2, -0.15) is 5.10 Å². The predicted octanol–water partition coefficient (Wildman–Crippen LogP) is 4.11. The second-order valence-electron chi connectivity index (χ2n) is 10.1.